The molecule has 8 rings (SSSR count). The Hall–Kier alpha value is -5.46. The number of hydrogen-bond acceptors (Lipinski definition) is 10. The lowest BCUT2D eigenvalue weighted by atomic mass is 10.0. The molecule has 2 aromatic heterocycles. The number of fused-ring (bicyclic) bond motifs is 2. The van der Waals surface area contributed by atoms with Gasteiger partial charge in [0.1, 0.15) is 22.2 Å². The summed E-state index contributed by atoms with van der Waals surface area (Å²) in [5.41, 5.74) is 4.33. The van der Waals surface area contributed by atoms with Crippen molar-refractivity contribution in [1.82, 2.24) is 25.0 Å². The van der Waals surface area contributed by atoms with Crippen molar-refractivity contribution < 1.29 is 19.1 Å². The Balaban J connectivity index is 1.11. The number of thiazole rings is 1. The van der Waals surface area contributed by atoms with Gasteiger partial charge >= 0.3 is 0 Å². The molecule has 2 atom stereocenters. The highest BCUT2D eigenvalue weighted by Gasteiger charge is 2.48. The van der Waals surface area contributed by atoms with Crippen LogP contribution in [0.4, 0.5) is 11.4 Å². The molecule has 2 fully saturated rings. The third kappa shape index (κ3) is 5.28. The van der Waals surface area contributed by atoms with Crippen molar-refractivity contribution in [3.8, 4) is 22.1 Å². The van der Waals surface area contributed by atoms with Crippen LogP contribution in [0.5, 0.6) is 11.5 Å². The third-order valence-electron chi connectivity index (χ3n) is 9.33. The molecule has 11 nitrogen and oxygen atoms in total. The molecule has 0 bridgehead atoms. The van der Waals surface area contributed by atoms with Crippen molar-refractivity contribution in [3.05, 3.63) is 113 Å². The number of aromatic nitrogens is 3. The van der Waals surface area contributed by atoms with Crippen LogP contribution in [0.1, 0.15) is 43.2 Å². The van der Waals surface area contributed by atoms with Gasteiger partial charge in [0.25, 0.3) is 17.7 Å². The van der Waals surface area contributed by atoms with Gasteiger partial charge in [0.05, 0.1) is 40.9 Å². The second-order valence-corrected chi connectivity index (χ2v) is 12.9. The molecule has 0 saturated carbocycles. The van der Waals surface area contributed by atoms with E-state index in [2.05, 4.69) is 30.3 Å². The van der Waals surface area contributed by atoms with Gasteiger partial charge in [-0.05, 0) is 55.8 Å². The zero-order valence-electron chi connectivity index (χ0n) is 26.1. The molecule has 1 N–H and O–H groups in total. The van der Waals surface area contributed by atoms with E-state index >= 15 is 0 Å². The maximum absolute atomic E-state index is 13.6. The van der Waals surface area contributed by atoms with Gasteiger partial charge in [-0.2, -0.15) is 10.2 Å². The van der Waals surface area contributed by atoms with Gasteiger partial charge in [-0.3, -0.25) is 24.2 Å². The summed E-state index contributed by atoms with van der Waals surface area (Å²) in [4.78, 5) is 51.3. The zero-order valence-corrected chi connectivity index (χ0v) is 26.9. The molecule has 0 spiro atoms. The monoisotopic (exact) mass is 657 g/mol. The molecule has 5 aromatic rings. The summed E-state index contributed by atoms with van der Waals surface area (Å²) in [6.45, 7) is 4.79. The average Bonchev–Trinajstić information content (AvgIpc) is 3.84. The fraction of sp³-hybridized carbons (Fsp3) is 0.222. The maximum Gasteiger partial charge on any atom is 0.275 e. The van der Waals surface area contributed by atoms with Gasteiger partial charge in [-0.15, -0.1) is 11.3 Å². The van der Waals surface area contributed by atoms with Crippen LogP contribution >= 0.6 is 11.3 Å². The molecular formula is C36H31N7O4S. The summed E-state index contributed by atoms with van der Waals surface area (Å²) < 4.78 is 6.32. The highest BCUT2D eigenvalue weighted by atomic mass is 32.1. The lowest BCUT2D eigenvalue weighted by Crippen LogP contribution is -2.57. The number of hydrogen-bond donors (Lipinski definition) is 1. The van der Waals surface area contributed by atoms with E-state index in [-0.39, 0.29) is 29.8 Å². The number of piperazine rings is 1. The molecule has 0 unspecified atom stereocenters. The molecule has 3 aliphatic heterocycles. The normalized spacial score (nSPS) is 18.9. The van der Waals surface area contributed by atoms with Crippen LogP contribution in [0.15, 0.2) is 90.6 Å². The first kappa shape index (κ1) is 29.9. The van der Waals surface area contributed by atoms with Crippen molar-refractivity contribution in [3.63, 3.8) is 0 Å². The van der Waals surface area contributed by atoms with Crippen LogP contribution < -0.4 is 15.0 Å². The van der Waals surface area contributed by atoms with Crippen molar-refractivity contribution in [2.45, 2.75) is 25.4 Å². The van der Waals surface area contributed by atoms with Crippen LogP contribution in [0.25, 0.3) is 10.6 Å². The van der Waals surface area contributed by atoms with Gasteiger partial charge in [0.15, 0.2) is 0 Å². The largest absolute Gasteiger partial charge is 0.457 e. The second kappa shape index (κ2) is 12.3. The number of anilines is 2. The van der Waals surface area contributed by atoms with Crippen LogP contribution in [0.3, 0.4) is 0 Å². The number of nitrogens with zero attached hydrogens (tertiary/aromatic N) is 6. The lowest BCUT2D eigenvalue weighted by molar-refractivity contribution is 0.0537. The molecule has 0 aliphatic carbocycles. The number of para-hydroxylation sites is 1. The van der Waals surface area contributed by atoms with Crippen LogP contribution in [0.2, 0.25) is 0 Å². The van der Waals surface area contributed by atoms with Gasteiger partial charge < -0.3 is 15.0 Å². The van der Waals surface area contributed by atoms with E-state index in [1.807, 2.05) is 49.4 Å². The number of benzene rings is 3. The van der Waals surface area contributed by atoms with Crippen molar-refractivity contribution >= 4 is 40.4 Å². The number of amides is 3. The first-order valence-corrected chi connectivity index (χ1v) is 16.7. The van der Waals surface area contributed by atoms with Crippen molar-refractivity contribution in [2.75, 3.05) is 36.4 Å². The summed E-state index contributed by atoms with van der Waals surface area (Å²) in [6, 6.07) is 21.8. The van der Waals surface area contributed by atoms with Gasteiger partial charge in [0.2, 0.25) is 0 Å². The van der Waals surface area contributed by atoms with Gasteiger partial charge in [0, 0.05) is 48.7 Å². The summed E-state index contributed by atoms with van der Waals surface area (Å²) in [7, 11) is 0. The first-order chi connectivity index (χ1) is 23.5. The Labute approximate surface area is 280 Å². The predicted octanol–water partition coefficient (Wildman–Crippen LogP) is 5.51. The van der Waals surface area contributed by atoms with E-state index < -0.39 is 0 Å². The molecular weight excluding hydrogens is 627 g/mol. The number of carbonyl (C=O) groups excluding carboxylic acids is 3. The summed E-state index contributed by atoms with van der Waals surface area (Å²) in [6.07, 6.45) is 3.92. The Morgan fingerprint density at radius 1 is 0.896 bits per heavy atom. The minimum absolute atomic E-state index is 0.0716. The molecule has 2 saturated heterocycles. The number of ether oxygens (including phenoxy) is 1. The third-order valence-corrected chi connectivity index (χ3v) is 10.2. The van der Waals surface area contributed by atoms with Crippen LogP contribution in [0, 0.1) is 6.92 Å². The van der Waals surface area contributed by atoms with Crippen molar-refractivity contribution in [1.29, 1.82) is 0 Å². The molecule has 5 heterocycles. The maximum atomic E-state index is 13.6. The fourth-order valence-corrected chi connectivity index (χ4v) is 7.82. The van der Waals surface area contributed by atoms with Crippen LogP contribution in [-0.2, 0) is 0 Å². The highest BCUT2D eigenvalue weighted by Crippen LogP contribution is 2.41. The SMILES string of the molecule is Cc1c(Oc2ccccc2)ccc(NC(=O)c2csc(-c3ccnnc3)n2)c1N1CCN2CC[C@@H](N3C(=O)c4ccccc4C3=O)[C@@H]2C1. The van der Waals surface area contributed by atoms with Crippen molar-refractivity contribution in [2.24, 2.45) is 0 Å². The highest BCUT2D eigenvalue weighted by molar-refractivity contribution is 7.13. The molecule has 48 heavy (non-hydrogen) atoms. The number of nitrogens with one attached hydrogen (secondary N) is 1. The quantitative estimate of drug-likeness (QED) is 0.226. The average molecular weight is 658 g/mol. The molecule has 0 radical (unpaired) electrons. The number of carbonyl (C=O) groups is 3. The van der Waals surface area contributed by atoms with Gasteiger partial charge in [-0.25, -0.2) is 4.98 Å². The topological polar surface area (TPSA) is 121 Å². The Morgan fingerprint density at radius 3 is 2.42 bits per heavy atom. The van der Waals surface area contributed by atoms with E-state index in [1.165, 1.54) is 16.2 Å². The number of imide groups is 1. The summed E-state index contributed by atoms with van der Waals surface area (Å²) in [5.74, 6) is 0.580. The van der Waals surface area contributed by atoms with E-state index in [0.29, 0.717) is 58.5 Å². The van der Waals surface area contributed by atoms with E-state index in [0.717, 1.165) is 29.9 Å². The minimum atomic E-state index is -0.333. The number of rotatable bonds is 7. The van der Waals surface area contributed by atoms with Crippen LogP contribution in [-0.4, -0.2) is 81.0 Å². The predicted molar refractivity (Wildman–Crippen MR) is 182 cm³/mol. The first-order valence-electron chi connectivity index (χ1n) is 15.8. The fourth-order valence-electron chi connectivity index (χ4n) is 7.02. The Kier molecular flexibility index (Phi) is 7.66. The van der Waals surface area contributed by atoms with Gasteiger partial charge in [-0.1, -0.05) is 30.3 Å². The molecule has 3 aromatic carbocycles. The van der Waals surface area contributed by atoms with E-state index in [4.69, 9.17) is 4.74 Å². The standard InChI is InChI=1S/C36H31N7O4S/c1-22-31(47-24-7-3-2-4-8-24)12-11-27(39-33(44)28-21-48-34(40-28)23-13-15-37-38-19-23)32(22)42-18-17-41-16-14-29(30(41)20-42)43-35(45)25-9-5-6-10-26(25)36(43)46/h2-13,15,19,21,29-30H,14,16-18,20H2,1H3,(H,39,44)/t29-,30+/m1/s1. The summed E-state index contributed by atoms with van der Waals surface area (Å²) >= 11 is 1.36. The molecule has 3 aliphatic rings. The smallest absolute Gasteiger partial charge is 0.275 e. The zero-order chi connectivity index (χ0) is 32.8. The molecule has 3 amide bonds. The van der Waals surface area contributed by atoms with E-state index in [9.17, 15) is 14.4 Å². The Morgan fingerprint density at radius 2 is 1.67 bits per heavy atom. The van der Waals surface area contributed by atoms with E-state index in [1.54, 1.807) is 48.1 Å². The molecule has 240 valence electrons. The second-order valence-electron chi connectivity index (χ2n) is 12.1. The Bertz CT molecular complexity index is 2000. The lowest BCUT2D eigenvalue weighted by Gasteiger charge is -2.43. The molecule has 12 heteroatoms. The minimum Gasteiger partial charge on any atom is -0.457 e. The summed E-state index contributed by atoms with van der Waals surface area (Å²) in [5, 5.41) is 13.3.